The predicted octanol–water partition coefficient (Wildman–Crippen LogP) is 1.12. The Kier molecular flexibility index (Phi) is 5.15. The Morgan fingerprint density at radius 3 is 1.76 bits per heavy atom. The van der Waals surface area contributed by atoms with E-state index < -0.39 is 27.8 Å². The van der Waals surface area contributed by atoms with E-state index in [2.05, 4.69) is 0 Å². The molecule has 0 aliphatic carbocycles. The molecule has 0 saturated heterocycles. The molecule has 0 fully saturated rings. The zero-order valence-corrected chi connectivity index (χ0v) is 10.9. The van der Waals surface area contributed by atoms with Gasteiger partial charge in [-0.25, -0.2) is 0 Å². The van der Waals surface area contributed by atoms with Gasteiger partial charge in [0, 0.05) is 9.85 Å². The van der Waals surface area contributed by atoms with Crippen LogP contribution in [0.25, 0.3) is 0 Å². The SMILES string of the molecule is COc1ccc(C([C@@H](C#N)[N+](=O)[O-])[C@@H](C#N)[N+](=O)[O-])cc1. The summed E-state index contributed by atoms with van der Waals surface area (Å²) in [4.78, 5) is 20.0. The van der Waals surface area contributed by atoms with E-state index in [1.54, 1.807) is 0 Å². The highest BCUT2D eigenvalue weighted by atomic mass is 16.6. The van der Waals surface area contributed by atoms with Gasteiger partial charge in [-0.1, -0.05) is 12.1 Å². The molecule has 0 aromatic heterocycles. The topological polar surface area (TPSA) is 143 Å². The molecule has 0 aliphatic heterocycles. The first-order chi connectivity index (χ1) is 9.96. The molecule has 0 bridgehead atoms. The molecule has 9 heteroatoms. The quantitative estimate of drug-likeness (QED) is 0.563. The van der Waals surface area contributed by atoms with Crippen molar-refractivity contribution in [1.29, 1.82) is 10.5 Å². The van der Waals surface area contributed by atoms with Gasteiger partial charge in [0.15, 0.2) is 0 Å². The molecule has 0 saturated carbocycles. The third-order valence-corrected chi connectivity index (χ3v) is 2.90. The monoisotopic (exact) mass is 290 g/mol. The summed E-state index contributed by atoms with van der Waals surface area (Å²) in [6.45, 7) is 0. The maximum Gasteiger partial charge on any atom is 0.311 e. The molecule has 0 spiro atoms. The molecule has 1 aromatic carbocycles. The van der Waals surface area contributed by atoms with Gasteiger partial charge in [0.2, 0.25) is 0 Å². The van der Waals surface area contributed by atoms with Gasteiger partial charge in [-0.15, -0.1) is 0 Å². The molecule has 9 nitrogen and oxygen atoms in total. The number of ether oxygens (including phenoxy) is 1. The van der Waals surface area contributed by atoms with Crippen molar-refractivity contribution < 1.29 is 14.6 Å². The summed E-state index contributed by atoms with van der Waals surface area (Å²) in [6.07, 6.45) is 0. The van der Waals surface area contributed by atoms with Crippen LogP contribution in [0, 0.1) is 42.9 Å². The van der Waals surface area contributed by atoms with Crippen molar-refractivity contribution in [2.24, 2.45) is 0 Å². The highest BCUT2D eigenvalue weighted by molar-refractivity contribution is 5.32. The summed E-state index contributed by atoms with van der Waals surface area (Å²) in [5, 5.41) is 39.7. The van der Waals surface area contributed by atoms with Gasteiger partial charge in [0.1, 0.15) is 23.8 Å². The Hall–Kier alpha value is -3.20. The van der Waals surface area contributed by atoms with Crippen LogP contribution in [0.2, 0.25) is 0 Å². The Morgan fingerprint density at radius 2 is 1.48 bits per heavy atom. The standard InChI is InChI=1S/C12H10N4O5/c1-21-9-4-2-8(3-5-9)12(10(6-13)15(17)18)11(7-14)16(19)20/h2-5,10-12H,1H3/t10-,11-/m1/s1. The van der Waals surface area contributed by atoms with Crippen LogP contribution in [0.4, 0.5) is 0 Å². The van der Waals surface area contributed by atoms with Crippen molar-refractivity contribution in [3.05, 3.63) is 50.1 Å². The lowest BCUT2D eigenvalue weighted by molar-refractivity contribution is -0.548. The van der Waals surface area contributed by atoms with Gasteiger partial charge < -0.3 is 4.74 Å². The summed E-state index contributed by atoms with van der Waals surface area (Å²) in [7, 11) is 1.41. The lowest BCUT2D eigenvalue weighted by atomic mass is 9.86. The van der Waals surface area contributed by atoms with Crippen LogP contribution >= 0.6 is 0 Å². The highest BCUT2D eigenvalue weighted by Gasteiger charge is 2.45. The molecule has 21 heavy (non-hydrogen) atoms. The van der Waals surface area contributed by atoms with Crippen LogP contribution in [0.5, 0.6) is 5.75 Å². The van der Waals surface area contributed by atoms with Crippen LogP contribution in [0.3, 0.4) is 0 Å². The van der Waals surface area contributed by atoms with Crippen LogP contribution in [0.1, 0.15) is 11.5 Å². The van der Waals surface area contributed by atoms with Crippen molar-refractivity contribution in [2.75, 3.05) is 7.11 Å². The minimum Gasteiger partial charge on any atom is -0.497 e. The molecule has 0 amide bonds. The number of nitrogens with zero attached hydrogens (tertiary/aromatic N) is 4. The summed E-state index contributed by atoms with van der Waals surface area (Å²) in [5.41, 5.74) is 0.155. The smallest absolute Gasteiger partial charge is 0.311 e. The number of nitro groups is 2. The van der Waals surface area contributed by atoms with Crippen molar-refractivity contribution in [2.45, 2.75) is 18.0 Å². The summed E-state index contributed by atoms with van der Waals surface area (Å²) < 4.78 is 4.92. The van der Waals surface area contributed by atoms with E-state index >= 15 is 0 Å². The van der Waals surface area contributed by atoms with Gasteiger partial charge in [-0.3, -0.25) is 20.2 Å². The Labute approximate surface area is 119 Å². The number of hydrogen-bond acceptors (Lipinski definition) is 7. The molecule has 0 aliphatic rings. The Bertz CT molecular complexity index is 584. The molecular formula is C12H10N4O5. The van der Waals surface area contributed by atoms with E-state index in [4.69, 9.17) is 15.3 Å². The Morgan fingerprint density at radius 1 is 1.05 bits per heavy atom. The molecular weight excluding hydrogens is 280 g/mol. The molecule has 0 unspecified atom stereocenters. The number of methoxy groups -OCH3 is 1. The van der Waals surface area contributed by atoms with Crippen LogP contribution < -0.4 is 4.74 Å². The summed E-state index contributed by atoms with van der Waals surface area (Å²) in [6, 6.07) is 4.67. The Balaban J connectivity index is 3.36. The first-order valence-corrected chi connectivity index (χ1v) is 5.66. The molecule has 1 aromatic rings. The molecule has 0 N–H and O–H groups in total. The van der Waals surface area contributed by atoms with E-state index in [9.17, 15) is 20.2 Å². The molecule has 108 valence electrons. The highest BCUT2D eigenvalue weighted by Crippen LogP contribution is 2.28. The van der Waals surface area contributed by atoms with E-state index in [1.807, 2.05) is 0 Å². The van der Waals surface area contributed by atoms with Crippen LogP contribution in [0.15, 0.2) is 24.3 Å². The van der Waals surface area contributed by atoms with Gasteiger partial charge in [-0.05, 0) is 17.7 Å². The lowest BCUT2D eigenvalue weighted by Crippen LogP contribution is -2.37. The predicted molar refractivity (Wildman–Crippen MR) is 68.5 cm³/mol. The fraction of sp³-hybridized carbons (Fsp3) is 0.333. The van der Waals surface area contributed by atoms with Crippen molar-refractivity contribution >= 4 is 0 Å². The van der Waals surface area contributed by atoms with Crippen LogP contribution in [-0.2, 0) is 0 Å². The third kappa shape index (κ3) is 3.42. The molecule has 0 radical (unpaired) electrons. The maximum absolute atomic E-state index is 10.9. The second kappa shape index (κ2) is 6.82. The van der Waals surface area contributed by atoms with Gasteiger partial charge >= 0.3 is 12.1 Å². The van der Waals surface area contributed by atoms with Gasteiger partial charge in [0.25, 0.3) is 0 Å². The molecule has 0 heterocycles. The van der Waals surface area contributed by atoms with Crippen molar-refractivity contribution in [3.63, 3.8) is 0 Å². The van der Waals surface area contributed by atoms with E-state index in [1.165, 1.54) is 43.5 Å². The lowest BCUT2D eigenvalue weighted by Gasteiger charge is -2.16. The largest absolute Gasteiger partial charge is 0.497 e. The average Bonchev–Trinajstić information content (AvgIpc) is 2.46. The number of rotatable bonds is 6. The maximum atomic E-state index is 10.9. The van der Waals surface area contributed by atoms with Crippen molar-refractivity contribution in [1.82, 2.24) is 0 Å². The molecule has 1 rings (SSSR count). The number of hydrogen-bond donors (Lipinski definition) is 0. The average molecular weight is 290 g/mol. The van der Waals surface area contributed by atoms with Gasteiger partial charge in [0.05, 0.1) is 7.11 Å². The zero-order chi connectivity index (χ0) is 16.0. The number of benzene rings is 1. The second-order valence-corrected chi connectivity index (χ2v) is 4.02. The first-order valence-electron chi connectivity index (χ1n) is 5.66. The fourth-order valence-electron chi connectivity index (χ4n) is 1.88. The molecule has 2 atom stereocenters. The third-order valence-electron chi connectivity index (χ3n) is 2.90. The second-order valence-electron chi connectivity index (χ2n) is 4.02. The first kappa shape index (κ1) is 15.9. The van der Waals surface area contributed by atoms with E-state index in [0.29, 0.717) is 5.75 Å². The fourth-order valence-corrected chi connectivity index (χ4v) is 1.88. The van der Waals surface area contributed by atoms with E-state index in [-0.39, 0.29) is 5.56 Å². The van der Waals surface area contributed by atoms with Crippen LogP contribution in [-0.4, -0.2) is 29.0 Å². The van der Waals surface area contributed by atoms with Crippen molar-refractivity contribution in [3.8, 4) is 17.9 Å². The minimum absolute atomic E-state index is 0.155. The minimum atomic E-state index is -1.89. The zero-order valence-electron chi connectivity index (χ0n) is 10.9. The van der Waals surface area contributed by atoms with Gasteiger partial charge in [-0.2, -0.15) is 10.5 Å². The normalized spacial score (nSPS) is 12.8. The summed E-state index contributed by atoms with van der Waals surface area (Å²) in [5.74, 6) is -1.03. The summed E-state index contributed by atoms with van der Waals surface area (Å²) >= 11 is 0. The van der Waals surface area contributed by atoms with E-state index in [0.717, 1.165) is 0 Å². The number of nitriles is 2.